The third-order valence-corrected chi connectivity index (χ3v) is 4.93. The second-order valence-corrected chi connectivity index (χ2v) is 7.08. The van der Waals surface area contributed by atoms with Crippen LogP contribution >= 0.6 is 0 Å². The van der Waals surface area contributed by atoms with Crippen molar-refractivity contribution in [3.63, 3.8) is 0 Å². The van der Waals surface area contributed by atoms with Gasteiger partial charge >= 0.3 is 0 Å². The minimum Gasteiger partial charge on any atom is -0.395 e. The van der Waals surface area contributed by atoms with Crippen molar-refractivity contribution in [2.24, 2.45) is 0 Å². The highest BCUT2D eigenvalue weighted by Crippen LogP contribution is 2.30. The lowest BCUT2D eigenvalue weighted by atomic mass is 9.86. The summed E-state index contributed by atoms with van der Waals surface area (Å²) in [5.41, 5.74) is 8.20. The largest absolute Gasteiger partial charge is 0.395 e. The Bertz CT molecular complexity index is 851. The molecule has 0 unspecified atom stereocenters. The van der Waals surface area contributed by atoms with Crippen molar-refractivity contribution in [2.75, 3.05) is 6.61 Å². The highest BCUT2D eigenvalue weighted by atomic mass is 16.3. The molecule has 0 saturated heterocycles. The Kier molecular flexibility index (Phi) is 3.77. The topological polar surface area (TPSA) is 37.5 Å². The number of hydrogen-bond donors (Lipinski definition) is 1. The van der Waals surface area contributed by atoms with Gasteiger partial charge in [0.15, 0.2) is 0 Å². The van der Waals surface area contributed by atoms with E-state index in [1.807, 2.05) is 30.8 Å². The summed E-state index contributed by atoms with van der Waals surface area (Å²) in [6.45, 7) is 10.6. The Hall–Kier alpha value is -2.13. The van der Waals surface area contributed by atoms with Crippen LogP contribution in [0.2, 0.25) is 0 Å². The Balaban J connectivity index is 2.14. The van der Waals surface area contributed by atoms with E-state index in [-0.39, 0.29) is 12.0 Å². The van der Waals surface area contributed by atoms with Gasteiger partial charge in [-0.25, -0.2) is 4.52 Å². The van der Waals surface area contributed by atoms with Gasteiger partial charge in [0.05, 0.1) is 18.3 Å². The molecule has 0 aliphatic carbocycles. The number of aryl methyl sites for hydroxylation is 2. The van der Waals surface area contributed by atoms with Crippen LogP contribution in [-0.4, -0.2) is 21.3 Å². The van der Waals surface area contributed by atoms with Gasteiger partial charge in [0.1, 0.15) is 0 Å². The lowest BCUT2D eigenvalue weighted by Gasteiger charge is -2.22. The average Bonchev–Trinajstić information content (AvgIpc) is 2.95. The van der Waals surface area contributed by atoms with Crippen molar-refractivity contribution in [1.29, 1.82) is 0 Å². The zero-order valence-corrected chi connectivity index (χ0v) is 14.5. The molecule has 3 rings (SSSR count). The minimum atomic E-state index is -0.267. The lowest BCUT2D eigenvalue weighted by Crippen LogP contribution is -2.22. The smallest absolute Gasteiger partial charge is 0.0740 e. The monoisotopic (exact) mass is 308 g/mol. The third kappa shape index (κ3) is 2.66. The number of nitrogens with zero attached hydrogens (tertiary/aromatic N) is 2. The number of aromatic nitrogens is 2. The van der Waals surface area contributed by atoms with Crippen molar-refractivity contribution < 1.29 is 5.11 Å². The van der Waals surface area contributed by atoms with E-state index >= 15 is 0 Å². The first-order valence-corrected chi connectivity index (χ1v) is 8.00. The zero-order chi connectivity index (χ0) is 16.8. The summed E-state index contributed by atoms with van der Waals surface area (Å²) < 4.78 is 1.91. The molecule has 0 fully saturated rings. The molecule has 0 aliphatic heterocycles. The van der Waals surface area contributed by atoms with Gasteiger partial charge in [-0.05, 0) is 54.7 Å². The first-order chi connectivity index (χ1) is 10.8. The van der Waals surface area contributed by atoms with Crippen molar-refractivity contribution in [3.8, 4) is 11.1 Å². The molecule has 3 aromatic rings. The number of pyridine rings is 1. The summed E-state index contributed by atoms with van der Waals surface area (Å²) >= 11 is 0. The van der Waals surface area contributed by atoms with Crippen LogP contribution in [0.5, 0.6) is 0 Å². The summed E-state index contributed by atoms with van der Waals surface area (Å²) in [6, 6.07) is 8.64. The van der Waals surface area contributed by atoms with Crippen LogP contribution in [-0.2, 0) is 5.41 Å². The fourth-order valence-electron chi connectivity index (χ4n) is 2.89. The molecule has 1 N–H and O–H groups in total. The van der Waals surface area contributed by atoms with Gasteiger partial charge in [0.25, 0.3) is 0 Å². The molecule has 2 aromatic heterocycles. The second kappa shape index (κ2) is 5.50. The minimum absolute atomic E-state index is 0.114. The summed E-state index contributed by atoms with van der Waals surface area (Å²) in [4.78, 5) is 0. The van der Waals surface area contributed by atoms with Gasteiger partial charge in [-0.1, -0.05) is 32.0 Å². The summed E-state index contributed by atoms with van der Waals surface area (Å²) in [6.07, 6.45) is 3.94. The van der Waals surface area contributed by atoms with E-state index in [2.05, 4.69) is 50.1 Å². The molecule has 0 spiro atoms. The molecule has 0 saturated carbocycles. The van der Waals surface area contributed by atoms with Crippen LogP contribution in [0.15, 0.2) is 36.7 Å². The molecular weight excluding hydrogens is 284 g/mol. The Morgan fingerprint density at radius 2 is 1.74 bits per heavy atom. The zero-order valence-electron chi connectivity index (χ0n) is 14.5. The van der Waals surface area contributed by atoms with E-state index in [4.69, 9.17) is 0 Å². The van der Waals surface area contributed by atoms with Crippen molar-refractivity contribution >= 4 is 5.52 Å². The van der Waals surface area contributed by atoms with Gasteiger partial charge in [-0.15, -0.1) is 0 Å². The molecule has 0 atom stereocenters. The number of fused-ring (bicyclic) bond motifs is 1. The third-order valence-electron chi connectivity index (χ3n) is 4.93. The Morgan fingerprint density at radius 1 is 1.09 bits per heavy atom. The highest BCUT2D eigenvalue weighted by Gasteiger charge is 2.20. The van der Waals surface area contributed by atoms with Crippen LogP contribution in [0, 0.1) is 20.8 Å². The van der Waals surface area contributed by atoms with Gasteiger partial charge in [0.2, 0.25) is 0 Å². The summed E-state index contributed by atoms with van der Waals surface area (Å²) in [5.74, 6) is 0. The van der Waals surface area contributed by atoms with Crippen LogP contribution in [0.4, 0.5) is 0 Å². The van der Waals surface area contributed by atoms with E-state index in [1.54, 1.807) is 0 Å². The summed E-state index contributed by atoms with van der Waals surface area (Å²) in [7, 11) is 0. The number of rotatable bonds is 3. The molecule has 23 heavy (non-hydrogen) atoms. The Morgan fingerprint density at radius 3 is 2.35 bits per heavy atom. The fourth-order valence-corrected chi connectivity index (χ4v) is 2.89. The molecule has 2 heterocycles. The molecular formula is C20H24N2O. The van der Waals surface area contributed by atoms with Crippen LogP contribution in [0.3, 0.4) is 0 Å². The van der Waals surface area contributed by atoms with Gasteiger partial charge < -0.3 is 5.11 Å². The van der Waals surface area contributed by atoms with Crippen LogP contribution < -0.4 is 0 Å². The number of aliphatic hydroxyl groups is 1. The maximum absolute atomic E-state index is 9.56. The van der Waals surface area contributed by atoms with Crippen molar-refractivity contribution in [3.05, 3.63) is 58.9 Å². The SMILES string of the molecule is Cc1cc(-c2cnn3cc(C(C)(C)CO)ccc23)cc(C)c1C. The fraction of sp³-hybridized carbons (Fsp3) is 0.350. The maximum atomic E-state index is 9.56. The Labute approximate surface area is 137 Å². The van der Waals surface area contributed by atoms with Crippen LogP contribution in [0.1, 0.15) is 36.1 Å². The highest BCUT2D eigenvalue weighted by molar-refractivity contribution is 5.80. The van der Waals surface area contributed by atoms with Gasteiger partial charge in [-0.3, -0.25) is 0 Å². The maximum Gasteiger partial charge on any atom is 0.0740 e. The van der Waals surface area contributed by atoms with Gasteiger partial charge in [-0.2, -0.15) is 5.10 Å². The molecule has 0 bridgehead atoms. The number of benzene rings is 1. The van der Waals surface area contributed by atoms with Gasteiger partial charge in [0, 0.05) is 17.2 Å². The van der Waals surface area contributed by atoms with E-state index in [0.29, 0.717) is 0 Å². The van der Waals surface area contributed by atoms with E-state index in [0.717, 1.165) is 16.6 Å². The van der Waals surface area contributed by atoms with Crippen molar-refractivity contribution in [1.82, 2.24) is 9.61 Å². The predicted octanol–water partition coefficient (Wildman–Crippen LogP) is 4.20. The van der Waals surface area contributed by atoms with E-state index in [9.17, 15) is 5.11 Å². The molecule has 0 radical (unpaired) electrons. The average molecular weight is 308 g/mol. The number of aliphatic hydroxyl groups excluding tert-OH is 1. The van der Waals surface area contributed by atoms with E-state index in [1.165, 1.54) is 22.3 Å². The predicted molar refractivity (Wildman–Crippen MR) is 95.0 cm³/mol. The molecule has 1 aromatic carbocycles. The first-order valence-electron chi connectivity index (χ1n) is 8.00. The standard InChI is InChI=1S/C20H24N2O/c1-13-8-16(9-14(2)15(13)3)18-10-21-22-11-17(6-7-19(18)22)20(4,5)12-23/h6-11,23H,12H2,1-5H3. The van der Waals surface area contributed by atoms with E-state index < -0.39 is 0 Å². The molecule has 0 aliphatic rings. The molecule has 120 valence electrons. The lowest BCUT2D eigenvalue weighted by molar-refractivity contribution is 0.218. The number of hydrogen-bond acceptors (Lipinski definition) is 2. The van der Waals surface area contributed by atoms with Crippen molar-refractivity contribution in [2.45, 2.75) is 40.0 Å². The summed E-state index contributed by atoms with van der Waals surface area (Å²) in [5, 5.41) is 14.1. The normalized spacial score (nSPS) is 12.1. The first kappa shape index (κ1) is 15.8. The molecule has 0 amide bonds. The molecule has 3 nitrogen and oxygen atoms in total. The quantitative estimate of drug-likeness (QED) is 0.787. The van der Waals surface area contributed by atoms with Crippen LogP contribution in [0.25, 0.3) is 16.6 Å². The molecule has 3 heteroatoms. The second-order valence-electron chi connectivity index (χ2n) is 7.08.